The van der Waals surface area contributed by atoms with Crippen molar-refractivity contribution in [2.24, 2.45) is 0 Å². The van der Waals surface area contributed by atoms with Crippen molar-refractivity contribution in [1.82, 2.24) is 14.8 Å². The van der Waals surface area contributed by atoms with E-state index in [2.05, 4.69) is 15.4 Å². The highest BCUT2D eigenvalue weighted by molar-refractivity contribution is 6.01. The molecule has 0 fully saturated rings. The Kier molecular flexibility index (Phi) is 4.68. The van der Waals surface area contributed by atoms with Gasteiger partial charge in [-0.1, -0.05) is 26.0 Å². The molecule has 1 aromatic heterocycles. The Morgan fingerprint density at radius 1 is 1.14 bits per heavy atom. The first-order valence-corrected chi connectivity index (χ1v) is 8.96. The first kappa shape index (κ1) is 18.0. The monoisotopic (exact) mass is 382 g/mol. The summed E-state index contributed by atoms with van der Waals surface area (Å²) < 4.78 is 26.6. The first-order valence-electron chi connectivity index (χ1n) is 8.96. The highest BCUT2D eigenvalue weighted by Crippen LogP contribution is 2.32. The van der Waals surface area contributed by atoms with E-state index in [1.807, 2.05) is 13.8 Å². The van der Waals surface area contributed by atoms with Crippen LogP contribution in [0.5, 0.6) is 11.5 Å². The molecule has 28 heavy (non-hydrogen) atoms. The Morgan fingerprint density at radius 2 is 1.89 bits per heavy atom. The second-order valence-electron chi connectivity index (χ2n) is 6.62. The van der Waals surface area contributed by atoms with Crippen molar-refractivity contribution in [2.45, 2.75) is 19.8 Å². The molecular formula is C20H19FN4O3. The number of para-hydroxylation sites is 1. The number of ether oxygens (including phenoxy) is 2. The largest absolute Gasteiger partial charge is 0.486 e. The molecule has 0 bridgehead atoms. The van der Waals surface area contributed by atoms with Crippen molar-refractivity contribution < 1.29 is 18.7 Å². The predicted octanol–water partition coefficient (Wildman–Crippen LogP) is 3.55. The summed E-state index contributed by atoms with van der Waals surface area (Å²) in [6.45, 7) is 4.76. The van der Waals surface area contributed by atoms with Crippen molar-refractivity contribution in [2.75, 3.05) is 18.5 Å². The van der Waals surface area contributed by atoms with Crippen molar-refractivity contribution in [3.05, 3.63) is 59.9 Å². The molecule has 2 aromatic carbocycles. The van der Waals surface area contributed by atoms with Gasteiger partial charge in [0.2, 0.25) is 5.82 Å². The van der Waals surface area contributed by atoms with Gasteiger partial charge in [0, 0.05) is 17.7 Å². The maximum Gasteiger partial charge on any atom is 0.295 e. The first-order chi connectivity index (χ1) is 13.5. The molecule has 8 heteroatoms. The van der Waals surface area contributed by atoms with E-state index in [4.69, 9.17) is 9.47 Å². The average Bonchev–Trinajstić information content (AvgIpc) is 3.14. The van der Waals surface area contributed by atoms with Gasteiger partial charge >= 0.3 is 0 Å². The molecule has 0 saturated heterocycles. The quantitative estimate of drug-likeness (QED) is 0.747. The van der Waals surface area contributed by atoms with Crippen LogP contribution >= 0.6 is 0 Å². The van der Waals surface area contributed by atoms with Crippen LogP contribution in [0, 0.1) is 5.82 Å². The molecule has 144 valence electrons. The average molecular weight is 382 g/mol. The smallest absolute Gasteiger partial charge is 0.295 e. The number of carbonyl (C=O) groups excluding carboxylic acids is 1. The van der Waals surface area contributed by atoms with Gasteiger partial charge in [0.25, 0.3) is 5.91 Å². The van der Waals surface area contributed by atoms with E-state index in [1.165, 1.54) is 10.7 Å². The van der Waals surface area contributed by atoms with Crippen molar-refractivity contribution in [1.29, 1.82) is 0 Å². The van der Waals surface area contributed by atoms with E-state index in [9.17, 15) is 9.18 Å². The number of hydrogen-bond donors (Lipinski definition) is 1. The third kappa shape index (κ3) is 3.40. The standard InChI is InChI=1S/C20H19FN4O3/c1-12(2)19-23-18(24-25(19)15-6-4-3-5-14(15)21)20(26)22-13-7-8-16-17(11-13)28-10-9-27-16/h3-8,11-12H,9-10H2,1-2H3,(H,22,26). The van der Waals surface area contributed by atoms with Gasteiger partial charge in [-0.15, -0.1) is 5.10 Å². The lowest BCUT2D eigenvalue weighted by Crippen LogP contribution is -2.17. The molecule has 0 saturated carbocycles. The van der Waals surface area contributed by atoms with Gasteiger partial charge in [0.1, 0.15) is 30.5 Å². The molecule has 0 radical (unpaired) electrons. The van der Waals surface area contributed by atoms with Gasteiger partial charge in [-0.25, -0.2) is 14.1 Å². The number of nitrogens with one attached hydrogen (secondary N) is 1. The molecule has 1 amide bonds. The number of hydrogen-bond acceptors (Lipinski definition) is 5. The van der Waals surface area contributed by atoms with Crippen LogP contribution in [0.1, 0.15) is 36.2 Å². The molecule has 0 atom stereocenters. The summed E-state index contributed by atoms with van der Waals surface area (Å²) in [5, 5.41) is 6.99. The highest BCUT2D eigenvalue weighted by atomic mass is 19.1. The van der Waals surface area contributed by atoms with Crippen molar-refractivity contribution in [3.8, 4) is 17.2 Å². The molecule has 1 aliphatic rings. The Labute approximate surface area is 161 Å². The molecule has 1 N–H and O–H groups in total. The molecule has 0 unspecified atom stereocenters. The Hall–Kier alpha value is -3.42. The minimum Gasteiger partial charge on any atom is -0.486 e. The summed E-state index contributed by atoms with van der Waals surface area (Å²) in [7, 11) is 0. The molecule has 0 spiro atoms. The summed E-state index contributed by atoms with van der Waals surface area (Å²) in [5.74, 6) is 0.675. The molecule has 1 aliphatic heterocycles. The van der Waals surface area contributed by atoms with Gasteiger partial charge in [-0.3, -0.25) is 4.79 Å². The summed E-state index contributed by atoms with van der Waals surface area (Å²) in [4.78, 5) is 17.0. The number of aromatic nitrogens is 3. The third-order valence-electron chi connectivity index (χ3n) is 4.23. The van der Waals surface area contributed by atoms with Gasteiger partial charge in [-0.05, 0) is 24.3 Å². The maximum absolute atomic E-state index is 14.2. The minimum absolute atomic E-state index is 0.0400. The Balaban J connectivity index is 1.63. The topological polar surface area (TPSA) is 78.3 Å². The lowest BCUT2D eigenvalue weighted by Gasteiger charge is -2.18. The lowest BCUT2D eigenvalue weighted by atomic mass is 10.2. The van der Waals surface area contributed by atoms with E-state index in [1.54, 1.807) is 36.4 Å². The molecule has 2 heterocycles. The summed E-state index contributed by atoms with van der Waals surface area (Å²) in [6, 6.07) is 11.4. The van der Waals surface area contributed by atoms with Crippen LogP contribution in [0.3, 0.4) is 0 Å². The summed E-state index contributed by atoms with van der Waals surface area (Å²) in [6.07, 6.45) is 0. The third-order valence-corrected chi connectivity index (χ3v) is 4.23. The number of rotatable bonds is 4. The number of fused-ring (bicyclic) bond motifs is 1. The fourth-order valence-electron chi connectivity index (χ4n) is 2.90. The molecule has 4 rings (SSSR count). The van der Waals surface area contributed by atoms with Gasteiger partial charge < -0.3 is 14.8 Å². The number of amides is 1. The Bertz CT molecular complexity index is 1030. The zero-order valence-electron chi connectivity index (χ0n) is 15.5. The highest BCUT2D eigenvalue weighted by Gasteiger charge is 2.21. The zero-order valence-corrected chi connectivity index (χ0v) is 15.5. The fraction of sp³-hybridized carbons (Fsp3) is 0.250. The number of anilines is 1. The van der Waals surface area contributed by atoms with Crippen LogP contribution < -0.4 is 14.8 Å². The van der Waals surface area contributed by atoms with Gasteiger partial charge in [0.15, 0.2) is 11.5 Å². The lowest BCUT2D eigenvalue weighted by molar-refractivity contribution is 0.101. The van der Waals surface area contributed by atoms with Crippen LogP contribution in [0.2, 0.25) is 0 Å². The fourth-order valence-corrected chi connectivity index (χ4v) is 2.90. The summed E-state index contributed by atoms with van der Waals surface area (Å²) >= 11 is 0. The number of benzene rings is 2. The number of carbonyl (C=O) groups is 1. The van der Waals surface area contributed by atoms with E-state index >= 15 is 0 Å². The molecule has 0 aliphatic carbocycles. The second-order valence-corrected chi connectivity index (χ2v) is 6.62. The van der Waals surface area contributed by atoms with E-state index < -0.39 is 11.7 Å². The normalized spacial score (nSPS) is 12.9. The molecule has 7 nitrogen and oxygen atoms in total. The van der Waals surface area contributed by atoms with Crippen molar-refractivity contribution >= 4 is 11.6 Å². The van der Waals surface area contributed by atoms with E-state index in [0.717, 1.165) is 0 Å². The molecular weight excluding hydrogens is 363 g/mol. The predicted molar refractivity (Wildman–Crippen MR) is 101 cm³/mol. The van der Waals surface area contributed by atoms with E-state index in [-0.39, 0.29) is 17.4 Å². The van der Waals surface area contributed by atoms with Crippen LogP contribution in [0.25, 0.3) is 5.69 Å². The van der Waals surface area contributed by atoms with Gasteiger partial charge in [0.05, 0.1) is 0 Å². The number of nitrogens with zero attached hydrogens (tertiary/aromatic N) is 3. The number of halogens is 1. The second kappa shape index (κ2) is 7.30. The molecule has 3 aromatic rings. The maximum atomic E-state index is 14.2. The van der Waals surface area contributed by atoms with E-state index in [0.29, 0.717) is 36.2 Å². The van der Waals surface area contributed by atoms with Crippen LogP contribution in [-0.2, 0) is 0 Å². The zero-order chi connectivity index (χ0) is 19.7. The van der Waals surface area contributed by atoms with Crippen LogP contribution in [-0.4, -0.2) is 33.9 Å². The summed E-state index contributed by atoms with van der Waals surface area (Å²) in [5.41, 5.74) is 0.777. The SMILES string of the molecule is CC(C)c1nc(C(=O)Nc2ccc3c(c2)OCCO3)nn1-c1ccccc1F. The van der Waals surface area contributed by atoms with Crippen molar-refractivity contribution in [3.63, 3.8) is 0 Å². The van der Waals surface area contributed by atoms with Crippen LogP contribution in [0.15, 0.2) is 42.5 Å². The van der Waals surface area contributed by atoms with Gasteiger partial charge in [-0.2, -0.15) is 0 Å². The Morgan fingerprint density at radius 3 is 2.64 bits per heavy atom. The minimum atomic E-state index is -0.492. The van der Waals surface area contributed by atoms with Crippen LogP contribution in [0.4, 0.5) is 10.1 Å².